The lowest BCUT2D eigenvalue weighted by atomic mass is 10.1. The molecule has 0 saturated carbocycles. The Morgan fingerprint density at radius 2 is 1.95 bits per heavy atom. The average Bonchev–Trinajstić information content (AvgIpc) is 2.49. The van der Waals surface area contributed by atoms with Crippen LogP contribution in [0.2, 0.25) is 0 Å². The molecule has 0 radical (unpaired) electrons. The van der Waals surface area contributed by atoms with Gasteiger partial charge in [0.25, 0.3) is 5.69 Å². The van der Waals surface area contributed by atoms with Gasteiger partial charge in [0.1, 0.15) is 0 Å². The van der Waals surface area contributed by atoms with Gasteiger partial charge in [0.05, 0.1) is 36.4 Å². The van der Waals surface area contributed by atoms with Crippen LogP contribution in [0.1, 0.15) is 44.3 Å². The highest BCUT2D eigenvalue weighted by molar-refractivity contribution is 7.80. The number of aliphatic hydroxyl groups is 1. The number of unbranched alkanes of at least 4 members (excludes halogenated alkanes) is 3. The minimum absolute atomic E-state index is 0.166. The summed E-state index contributed by atoms with van der Waals surface area (Å²) < 4.78 is 10.8. The molecule has 6 nitrogen and oxygen atoms in total. The van der Waals surface area contributed by atoms with E-state index in [1.165, 1.54) is 26.2 Å². The van der Waals surface area contributed by atoms with Gasteiger partial charge in [-0.25, -0.2) is 0 Å². The van der Waals surface area contributed by atoms with Crippen molar-refractivity contribution in [3.8, 4) is 11.5 Å². The minimum Gasteiger partial charge on any atom is -0.493 e. The van der Waals surface area contributed by atoms with Crippen molar-refractivity contribution in [1.82, 2.24) is 0 Å². The highest BCUT2D eigenvalue weighted by atomic mass is 32.1. The van der Waals surface area contributed by atoms with E-state index in [0.29, 0.717) is 18.1 Å². The summed E-state index contributed by atoms with van der Waals surface area (Å²) >= 11 is 4.15. The number of thiol groups is 1. The van der Waals surface area contributed by atoms with Gasteiger partial charge in [-0.3, -0.25) is 10.1 Å². The third-order valence-corrected chi connectivity index (χ3v) is 3.59. The number of methoxy groups -OCH3 is 1. The van der Waals surface area contributed by atoms with Crippen LogP contribution < -0.4 is 9.47 Å². The molecule has 1 N–H and O–H groups in total. The van der Waals surface area contributed by atoms with E-state index in [0.717, 1.165) is 31.4 Å². The second-order valence-electron chi connectivity index (χ2n) is 4.98. The molecule has 22 heavy (non-hydrogen) atoms. The van der Waals surface area contributed by atoms with Gasteiger partial charge in [0.15, 0.2) is 11.5 Å². The molecule has 7 heteroatoms. The number of nitrogens with zero attached hydrogens (tertiary/aromatic N) is 1. The molecule has 1 aromatic carbocycles. The summed E-state index contributed by atoms with van der Waals surface area (Å²) in [4.78, 5) is 10.6. The molecular weight excluding hydrogens is 306 g/mol. The first kappa shape index (κ1) is 18.6. The lowest BCUT2D eigenvalue weighted by Crippen LogP contribution is -2.04. The molecule has 0 aromatic heterocycles. The van der Waals surface area contributed by atoms with E-state index < -0.39 is 11.0 Å². The molecule has 0 aliphatic rings. The molecule has 1 rings (SSSR count). The lowest BCUT2D eigenvalue weighted by Gasteiger charge is -2.14. The fourth-order valence-corrected chi connectivity index (χ4v) is 2.30. The molecule has 0 aliphatic heterocycles. The van der Waals surface area contributed by atoms with E-state index in [1.807, 2.05) is 0 Å². The highest BCUT2D eigenvalue weighted by Gasteiger charge is 2.22. The van der Waals surface area contributed by atoms with Crippen molar-refractivity contribution in [2.75, 3.05) is 19.5 Å². The maximum atomic E-state index is 11.1. The number of nitro groups is 1. The van der Waals surface area contributed by atoms with Crippen LogP contribution in [0.15, 0.2) is 12.1 Å². The summed E-state index contributed by atoms with van der Waals surface area (Å²) in [6, 6.07) is 2.77. The first-order valence-corrected chi connectivity index (χ1v) is 7.92. The molecule has 0 fully saturated rings. The predicted molar refractivity (Wildman–Crippen MR) is 88.1 cm³/mol. The topological polar surface area (TPSA) is 81.8 Å². The predicted octanol–water partition coefficient (Wildman–Crippen LogP) is 3.53. The van der Waals surface area contributed by atoms with E-state index in [1.54, 1.807) is 0 Å². The number of hydrogen-bond acceptors (Lipinski definition) is 6. The van der Waals surface area contributed by atoms with Crippen LogP contribution in [0.3, 0.4) is 0 Å². The van der Waals surface area contributed by atoms with Gasteiger partial charge in [0.2, 0.25) is 0 Å². The first-order chi connectivity index (χ1) is 10.5. The molecule has 0 spiro atoms. The van der Waals surface area contributed by atoms with Crippen molar-refractivity contribution in [2.24, 2.45) is 0 Å². The second-order valence-corrected chi connectivity index (χ2v) is 5.43. The van der Waals surface area contributed by atoms with E-state index >= 15 is 0 Å². The summed E-state index contributed by atoms with van der Waals surface area (Å²) in [7, 11) is 1.46. The van der Waals surface area contributed by atoms with Crippen LogP contribution >= 0.6 is 12.6 Å². The molecule has 0 saturated heterocycles. The van der Waals surface area contributed by atoms with Gasteiger partial charge < -0.3 is 14.6 Å². The maximum Gasteiger partial charge on any atom is 0.279 e. The van der Waals surface area contributed by atoms with Crippen molar-refractivity contribution in [1.29, 1.82) is 0 Å². The molecule has 1 atom stereocenters. The van der Waals surface area contributed by atoms with Crippen LogP contribution in [-0.4, -0.2) is 29.5 Å². The van der Waals surface area contributed by atoms with Gasteiger partial charge >= 0.3 is 0 Å². The number of aliphatic hydroxyl groups excluding tert-OH is 1. The van der Waals surface area contributed by atoms with Crippen molar-refractivity contribution in [3.05, 3.63) is 27.8 Å². The molecule has 0 bridgehead atoms. The van der Waals surface area contributed by atoms with E-state index in [2.05, 4.69) is 12.6 Å². The minimum atomic E-state index is -0.954. The smallest absolute Gasteiger partial charge is 0.279 e. The average molecular weight is 329 g/mol. The molecule has 1 unspecified atom stereocenters. The monoisotopic (exact) mass is 329 g/mol. The largest absolute Gasteiger partial charge is 0.493 e. The number of nitro benzene ring substituents is 1. The first-order valence-electron chi connectivity index (χ1n) is 7.29. The summed E-state index contributed by atoms with van der Waals surface area (Å²) in [6.45, 7) is 1.94. The molecular formula is C15H23NO5S. The van der Waals surface area contributed by atoms with Gasteiger partial charge in [0, 0.05) is 0 Å². The quantitative estimate of drug-likeness (QED) is 0.297. The third kappa shape index (κ3) is 5.38. The maximum absolute atomic E-state index is 11.1. The van der Waals surface area contributed by atoms with E-state index in [9.17, 15) is 15.2 Å². The Morgan fingerprint density at radius 3 is 2.50 bits per heavy atom. The van der Waals surface area contributed by atoms with Crippen LogP contribution in [-0.2, 0) is 0 Å². The Labute approximate surface area is 136 Å². The second kappa shape index (κ2) is 9.53. The Balaban J connectivity index is 2.80. The lowest BCUT2D eigenvalue weighted by molar-refractivity contribution is -0.386. The van der Waals surface area contributed by atoms with Gasteiger partial charge in [-0.05, 0) is 31.6 Å². The van der Waals surface area contributed by atoms with Crippen molar-refractivity contribution in [2.45, 2.75) is 38.7 Å². The number of hydrogen-bond donors (Lipinski definition) is 2. The summed E-state index contributed by atoms with van der Waals surface area (Å²) in [6.07, 6.45) is 3.09. The standard InChI is InChI=1S/C15H23NO5S/c1-11(17)12-9-14(20-2)15(10-13(12)16(18)19)21-7-5-3-4-6-8-22/h9-11,17,22H,3-8H2,1-2H3. The van der Waals surface area contributed by atoms with Crippen molar-refractivity contribution in [3.63, 3.8) is 0 Å². The van der Waals surface area contributed by atoms with Gasteiger partial charge in [-0.1, -0.05) is 12.8 Å². The summed E-state index contributed by atoms with van der Waals surface area (Å²) in [5.41, 5.74) is 0.0452. The Morgan fingerprint density at radius 1 is 1.27 bits per heavy atom. The fraction of sp³-hybridized carbons (Fsp3) is 0.600. The number of rotatable bonds is 10. The molecule has 0 aliphatic carbocycles. The number of ether oxygens (including phenoxy) is 2. The van der Waals surface area contributed by atoms with Crippen molar-refractivity contribution >= 4 is 18.3 Å². The van der Waals surface area contributed by atoms with Crippen LogP contribution in [0.5, 0.6) is 11.5 Å². The molecule has 1 aromatic rings. The van der Waals surface area contributed by atoms with E-state index in [-0.39, 0.29) is 11.3 Å². The third-order valence-electron chi connectivity index (χ3n) is 3.27. The SMILES string of the molecule is COc1cc(C(C)O)c([N+](=O)[O-])cc1OCCCCCCS. The zero-order chi connectivity index (χ0) is 16.5. The Bertz CT molecular complexity index is 493. The fourth-order valence-electron chi connectivity index (χ4n) is 2.08. The normalized spacial score (nSPS) is 12.0. The van der Waals surface area contributed by atoms with Gasteiger partial charge in [-0.15, -0.1) is 0 Å². The van der Waals surface area contributed by atoms with Crippen LogP contribution in [0.25, 0.3) is 0 Å². The molecule has 0 heterocycles. The molecule has 0 amide bonds. The van der Waals surface area contributed by atoms with Crippen molar-refractivity contribution < 1.29 is 19.5 Å². The summed E-state index contributed by atoms with van der Waals surface area (Å²) in [5.74, 6) is 1.59. The van der Waals surface area contributed by atoms with E-state index in [4.69, 9.17) is 9.47 Å². The Hall–Kier alpha value is -1.47. The zero-order valence-corrected chi connectivity index (χ0v) is 13.8. The molecule has 124 valence electrons. The van der Waals surface area contributed by atoms with Crippen LogP contribution in [0.4, 0.5) is 5.69 Å². The Kier molecular flexibility index (Phi) is 8.05. The highest BCUT2D eigenvalue weighted by Crippen LogP contribution is 2.37. The zero-order valence-electron chi connectivity index (χ0n) is 12.9. The summed E-state index contributed by atoms with van der Waals surface area (Å²) in [5, 5.41) is 20.8. The van der Waals surface area contributed by atoms with Gasteiger partial charge in [-0.2, -0.15) is 12.6 Å². The number of benzene rings is 1. The van der Waals surface area contributed by atoms with Crippen LogP contribution in [0, 0.1) is 10.1 Å².